The van der Waals surface area contributed by atoms with Gasteiger partial charge in [-0.2, -0.15) is 0 Å². The van der Waals surface area contributed by atoms with Crippen LogP contribution in [0.5, 0.6) is 5.75 Å². The first-order valence-corrected chi connectivity index (χ1v) is 7.50. The monoisotopic (exact) mass is 319 g/mol. The smallest absolute Gasteiger partial charge is 0.279 e. The van der Waals surface area contributed by atoms with Crippen molar-refractivity contribution < 1.29 is 14.8 Å². The van der Waals surface area contributed by atoms with Crippen molar-refractivity contribution in [1.29, 1.82) is 0 Å². The van der Waals surface area contributed by atoms with Crippen molar-refractivity contribution in [2.24, 2.45) is 0 Å². The van der Waals surface area contributed by atoms with Gasteiger partial charge in [-0.25, -0.2) is 0 Å². The topological polar surface area (TPSA) is 54.9 Å². The third-order valence-electron chi connectivity index (χ3n) is 3.43. The van der Waals surface area contributed by atoms with Gasteiger partial charge < -0.3 is 15.4 Å². The molecule has 2 rings (SSSR count). The molecule has 116 valence electrons. The lowest BCUT2D eigenvalue weighted by molar-refractivity contribution is -0.682. The molecule has 2 aromatic rings. The fraction of sp³-hybridized carbons (Fsp3) is 0.235. The summed E-state index contributed by atoms with van der Waals surface area (Å²) >= 11 is 6.17. The number of hydrogen-bond acceptors (Lipinski definition) is 2. The Kier molecular flexibility index (Phi) is 5.81. The van der Waals surface area contributed by atoms with Crippen LogP contribution in [-0.2, 0) is 4.79 Å². The molecule has 2 aromatic carbocycles. The zero-order valence-corrected chi connectivity index (χ0v) is 13.4. The van der Waals surface area contributed by atoms with Crippen molar-refractivity contribution in [2.75, 3.05) is 19.0 Å². The summed E-state index contributed by atoms with van der Waals surface area (Å²) in [4.78, 5) is 12.1. The van der Waals surface area contributed by atoms with Gasteiger partial charge in [0.05, 0.1) is 12.8 Å². The summed E-state index contributed by atoms with van der Waals surface area (Å²) in [7, 11) is 1.58. The van der Waals surface area contributed by atoms with Gasteiger partial charge in [-0.05, 0) is 25.1 Å². The summed E-state index contributed by atoms with van der Waals surface area (Å²) in [6.45, 7) is 2.34. The third kappa shape index (κ3) is 4.23. The normalized spacial score (nSPS) is 11.8. The Labute approximate surface area is 135 Å². The number of methoxy groups -OCH3 is 1. The number of hydrogen-bond donors (Lipinski definition) is 2. The van der Waals surface area contributed by atoms with Crippen molar-refractivity contribution >= 4 is 23.2 Å². The summed E-state index contributed by atoms with van der Waals surface area (Å²) < 4.78 is 5.21. The Hall–Kier alpha value is -2.04. The van der Waals surface area contributed by atoms with Crippen LogP contribution in [-0.4, -0.2) is 19.6 Å². The van der Waals surface area contributed by atoms with Gasteiger partial charge in [0.2, 0.25) is 0 Å². The Morgan fingerprint density at radius 2 is 1.91 bits per heavy atom. The van der Waals surface area contributed by atoms with E-state index in [1.54, 1.807) is 7.11 Å². The zero-order chi connectivity index (χ0) is 15.9. The van der Waals surface area contributed by atoms with Crippen LogP contribution in [0.1, 0.15) is 18.5 Å². The Balaban J connectivity index is 1.92. The summed E-state index contributed by atoms with van der Waals surface area (Å²) in [5.41, 5.74) is 1.70. The molecule has 1 atom stereocenters. The van der Waals surface area contributed by atoms with Gasteiger partial charge in [0.1, 0.15) is 11.8 Å². The zero-order valence-electron chi connectivity index (χ0n) is 12.7. The molecule has 0 radical (unpaired) electrons. The lowest BCUT2D eigenvalue weighted by Crippen LogP contribution is -2.86. The van der Waals surface area contributed by atoms with Gasteiger partial charge >= 0.3 is 0 Å². The van der Waals surface area contributed by atoms with Crippen LogP contribution >= 0.6 is 11.6 Å². The molecule has 0 saturated carbocycles. The minimum atomic E-state index is -0.0802. The van der Waals surface area contributed by atoms with Crippen molar-refractivity contribution in [1.82, 2.24) is 0 Å². The molecule has 22 heavy (non-hydrogen) atoms. The Bertz CT molecular complexity index is 646. The number of nitrogens with two attached hydrogens (primary N) is 1. The van der Waals surface area contributed by atoms with E-state index < -0.39 is 0 Å². The summed E-state index contributed by atoms with van der Waals surface area (Å²) in [5, 5.41) is 5.52. The highest BCUT2D eigenvalue weighted by molar-refractivity contribution is 6.31. The van der Waals surface area contributed by atoms with E-state index in [0.29, 0.717) is 18.0 Å². The van der Waals surface area contributed by atoms with Gasteiger partial charge in [0.15, 0.2) is 6.54 Å². The number of carbonyl (C=O) groups is 1. The molecule has 1 amide bonds. The second kappa shape index (κ2) is 7.82. The van der Waals surface area contributed by atoms with E-state index in [9.17, 15) is 4.79 Å². The highest BCUT2D eigenvalue weighted by Gasteiger charge is 2.14. The van der Waals surface area contributed by atoms with Crippen molar-refractivity contribution in [3.63, 3.8) is 0 Å². The van der Waals surface area contributed by atoms with Crippen LogP contribution in [0.15, 0.2) is 48.5 Å². The number of benzene rings is 2. The molecule has 5 heteroatoms. The molecule has 0 aliphatic heterocycles. The number of halogens is 1. The van der Waals surface area contributed by atoms with Crippen LogP contribution in [0.2, 0.25) is 5.02 Å². The van der Waals surface area contributed by atoms with E-state index in [0.717, 1.165) is 10.6 Å². The van der Waals surface area contributed by atoms with E-state index in [1.807, 2.05) is 60.8 Å². The lowest BCUT2D eigenvalue weighted by atomic mass is 10.1. The standard InChI is InChI=1S/C17H19ClN2O2/c1-12(13-7-3-4-8-14(13)18)19-11-17(21)20-15-9-5-6-10-16(15)22-2/h3-10,12,19H,11H2,1-2H3,(H,20,21)/p+1/t12-/m0/s1. The van der Waals surface area contributed by atoms with E-state index >= 15 is 0 Å². The van der Waals surface area contributed by atoms with Crippen LogP contribution in [0.3, 0.4) is 0 Å². The number of amides is 1. The van der Waals surface area contributed by atoms with Gasteiger partial charge in [-0.15, -0.1) is 0 Å². The van der Waals surface area contributed by atoms with Crippen LogP contribution in [0.25, 0.3) is 0 Å². The fourth-order valence-electron chi connectivity index (χ4n) is 2.20. The number of carbonyl (C=O) groups excluding carboxylic acids is 1. The Morgan fingerprint density at radius 3 is 2.64 bits per heavy atom. The molecule has 0 spiro atoms. The average molecular weight is 320 g/mol. The first-order chi connectivity index (χ1) is 10.6. The molecule has 0 bridgehead atoms. The molecule has 0 aliphatic carbocycles. The largest absolute Gasteiger partial charge is 0.495 e. The number of rotatable bonds is 6. The van der Waals surface area contributed by atoms with Crippen molar-refractivity contribution in [3.8, 4) is 5.75 Å². The Morgan fingerprint density at radius 1 is 1.23 bits per heavy atom. The number of nitrogens with one attached hydrogen (secondary N) is 1. The second-order valence-electron chi connectivity index (χ2n) is 5.00. The highest BCUT2D eigenvalue weighted by Crippen LogP contribution is 2.22. The maximum absolute atomic E-state index is 12.1. The predicted molar refractivity (Wildman–Crippen MR) is 88.3 cm³/mol. The van der Waals surface area contributed by atoms with Gasteiger partial charge in [-0.3, -0.25) is 4.79 Å². The minimum absolute atomic E-state index is 0.0802. The molecular weight excluding hydrogens is 300 g/mol. The van der Waals surface area contributed by atoms with Crippen LogP contribution in [0.4, 0.5) is 5.69 Å². The first-order valence-electron chi connectivity index (χ1n) is 7.12. The number of para-hydroxylation sites is 2. The van der Waals surface area contributed by atoms with Crippen molar-refractivity contribution in [3.05, 3.63) is 59.1 Å². The molecule has 3 N–H and O–H groups in total. The predicted octanol–water partition coefficient (Wildman–Crippen LogP) is 2.61. The number of ether oxygens (including phenoxy) is 1. The molecule has 0 saturated heterocycles. The van der Waals surface area contributed by atoms with Gasteiger partial charge in [0.25, 0.3) is 5.91 Å². The van der Waals surface area contributed by atoms with Gasteiger partial charge in [0, 0.05) is 10.6 Å². The van der Waals surface area contributed by atoms with Gasteiger partial charge in [-0.1, -0.05) is 41.9 Å². The van der Waals surface area contributed by atoms with E-state index in [1.165, 1.54) is 0 Å². The molecular formula is C17H20ClN2O2+. The second-order valence-corrected chi connectivity index (χ2v) is 5.41. The quantitative estimate of drug-likeness (QED) is 0.860. The molecule has 0 unspecified atom stereocenters. The third-order valence-corrected chi connectivity index (χ3v) is 3.78. The SMILES string of the molecule is COc1ccccc1NC(=O)C[NH2+][C@@H](C)c1ccccc1Cl. The molecule has 0 aliphatic rings. The first kappa shape index (κ1) is 16.3. The fourth-order valence-corrected chi connectivity index (χ4v) is 2.51. The summed E-state index contributed by atoms with van der Waals surface area (Å²) in [6, 6.07) is 15.1. The van der Waals surface area contributed by atoms with E-state index in [4.69, 9.17) is 16.3 Å². The molecule has 0 aromatic heterocycles. The number of anilines is 1. The van der Waals surface area contributed by atoms with Crippen LogP contribution < -0.4 is 15.4 Å². The highest BCUT2D eigenvalue weighted by atomic mass is 35.5. The van der Waals surface area contributed by atoms with Crippen LogP contribution in [0, 0.1) is 0 Å². The number of quaternary nitrogens is 1. The summed E-state index contributed by atoms with van der Waals surface area (Å²) in [6.07, 6.45) is 0. The minimum Gasteiger partial charge on any atom is -0.495 e. The molecule has 4 nitrogen and oxygen atoms in total. The van der Waals surface area contributed by atoms with E-state index in [2.05, 4.69) is 5.32 Å². The molecule has 0 fully saturated rings. The maximum atomic E-state index is 12.1. The molecule has 0 heterocycles. The van der Waals surface area contributed by atoms with Crippen molar-refractivity contribution in [2.45, 2.75) is 13.0 Å². The maximum Gasteiger partial charge on any atom is 0.279 e. The lowest BCUT2D eigenvalue weighted by Gasteiger charge is -2.13. The summed E-state index contributed by atoms with van der Waals surface area (Å²) in [5.74, 6) is 0.568. The average Bonchev–Trinajstić information content (AvgIpc) is 2.53. The van der Waals surface area contributed by atoms with E-state index in [-0.39, 0.29) is 11.9 Å².